The maximum atomic E-state index is 13.5. The Hall–Kier alpha value is -2.75. The number of rotatable bonds is 7. The second-order valence-electron chi connectivity index (χ2n) is 7.91. The van der Waals surface area contributed by atoms with Gasteiger partial charge in [-0.05, 0) is 49.4 Å². The van der Waals surface area contributed by atoms with E-state index in [1.165, 1.54) is 11.0 Å². The third-order valence-electron chi connectivity index (χ3n) is 6.04. The van der Waals surface area contributed by atoms with Crippen molar-refractivity contribution in [1.82, 2.24) is 19.7 Å². The molecule has 0 radical (unpaired) electrons. The Balaban J connectivity index is 1.32. The van der Waals surface area contributed by atoms with E-state index in [0.29, 0.717) is 50.0 Å². The van der Waals surface area contributed by atoms with Gasteiger partial charge in [0.15, 0.2) is 0 Å². The molecule has 1 N–H and O–H groups in total. The molecule has 0 saturated carbocycles. The first kappa shape index (κ1) is 21.5. The van der Waals surface area contributed by atoms with E-state index in [1.807, 2.05) is 4.90 Å². The van der Waals surface area contributed by atoms with E-state index in [1.54, 1.807) is 31.4 Å². The number of nitrogens with zero attached hydrogens (tertiary/aromatic N) is 4. The minimum Gasteiger partial charge on any atom is -0.491 e. The number of alkyl halides is 2. The van der Waals surface area contributed by atoms with Crippen LogP contribution in [0, 0.1) is 5.92 Å². The van der Waals surface area contributed by atoms with E-state index in [-0.39, 0.29) is 17.9 Å². The van der Waals surface area contributed by atoms with Crippen molar-refractivity contribution in [3.8, 4) is 5.75 Å². The van der Waals surface area contributed by atoms with Gasteiger partial charge in [0.05, 0.1) is 6.61 Å². The highest BCUT2D eigenvalue weighted by molar-refractivity contribution is 5.94. The summed E-state index contributed by atoms with van der Waals surface area (Å²) < 4.78 is 38.8. The van der Waals surface area contributed by atoms with Gasteiger partial charge >= 0.3 is 0 Å². The van der Waals surface area contributed by atoms with Gasteiger partial charge in [-0.15, -0.1) is 0 Å². The first-order valence-corrected chi connectivity index (χ1v) is 10.5. The SMILES string of the molecule is COCCOc1ccc(C(=O)N2CCC([C@@H]3C[C@H](C(F)F)n4ncnc4N3)CC2)cc1. The fourth-order valence-corrected chi connectivity index (χ4v) is 4.32. The number of ether oxygens (including phenoxy) is 2. The number of fused-ring (bicyclic) bond motifs is 1. The van der Waals surface area contributed by atoms with E-state index in [4.69, 9.17) is 9.47 Å². The number of carbonyl (C=O) groups is 1. The van der Waals surface area contributed by atoms with Gasteiger partial charge in [-0.2, -0.15) is 10.1 Å². The average molecular weight is 435 g/mol. The number of aromatic nitrogens is 3. The zero-order valence-electron chi connectivity index (χ0n) is 17.4. The maximum Gasteiger partial charge on any atom is 0.260 e. The van der Waals surface area contributed by atoms with E-state index >= 15 is 0 Å². The van der Waals surface area contributed by atoms with Gasteiger partial charge in [-0.3, -0.25) is 4.79 Å². The van der Waals surface area contributed by atoms with Crippen LogP contribution in [0.4, 0.5) is 14.7 Å². The third kappa shape index (κ3) is 4.79. The van der Waals surface area contributed by atoms with Crippen LogP contribution in [0.2, 0.25) is 0 Å². The number of carbonyl (C=O) groups excluding carboxylic acids is 1. The van der Waals surface area contributed by atoms with E-state index in [0.717, 1.165) is 12.8 Å². The summed E-state index contributed by atoms with van der Waals surface area (Å²) >= 11 is 0. The van der Waals surface area contributed by atoms with Crippen molar-refractivity contribution in [2.45, 2.75) is 37.8 Å². The number of halogens is 2. The van der Waals surface area contributed by atoms with Crippen LogP contribution in [-0.2, 0) is 4.74 Å². The first-order chi connectivity index (χ1) is 15.1. The molecule has 10 heteroatoms. The lowest BCUT2D eigenvalue weighted by molar-refractivity contribution is 0.0537. The highest BCUT2D eigenvalue weighted by Crippen LogP contribution is 2.35. The second kappa shape index (κ2) is 9.59. The lowest BCUT2D eigenvalue weighted by Crippen LogP contribution is -2.46. The molecule has 1 aromatic heterocycles. The summed E-state index contributed by atoms with van der Waals surface area (Å²) in [7, 11) is 1.61. The van der Waals surface area contributed by atoms with Crippen molar-refractivity contribution in [3.05, 3.63) is 36.2 Å². The molecule has 8 nitrogen and oxygen atoms in total. The predicted octanol–water partition coefficient (Wildman–Crippen LogP) is 2.85. The summed E-state index contributed by atoms with van der Waals surface area (Å²) in [5, 5.41) is 7.19. The summed E-state index contributed by atoms with van der Waals surface area (Å²) in [5.41, 5.74) is 0.610. The van der Waals surface area contributed by atoms with Crippen LogP contribution in [0.5, 0.6) is 5.75 Å². The Morgan fingerprint density at radius 2 is 1.97 bits per heavy atom. The Morgan fingerprint density at radius 1 is 1.23 bits per heavy atom. The Kier molecular flexibility index (Phi) is 6.64. The van der Waals surface area contributed by atoms with Crippen LogP contribution in [0.15, 0.2) is 30.6 Å². The van der Waals surface area contributed by atoms with E-state index in [2.05, 4.69) is 15.4 Å². The monoisotopic (exact) mass is 435 g/mol. The average Bonchev–Trinajstić information content (AvgIpc) is 3.27. The number of hydrogen-bond acceptors (Lipinski definition) is 6. The molecule has 1 aromatic carbocycles. The minimum atomic E-state index is -2.49. The van der Waals surface area contributed by atoms with Crippen LogP contribution >= 0.6 is 0 Å². The highest BCUT2D eigenvalue weighted by Gasteiger charge is 2.38. The Labute approximate surface area is 179 Å². The van der Waals surface area contributed by atoms with Crippen molar-refractivity contribution < 1.29 is 23.0 Å². The molecule has 3 heterocycles. The van der Waals surface area contributed by atoms with Crippen molar-refractivity contribution in [2.75, 3.05) is 38.7 Å². The van der Waals surface area contributed by atoms with Gasteiger partial charge in [-0.1, -0.05) is 0 Å². The topological polar surface area (TPSA) is 81.5 Å². The van der Waals surface area contributed by atoms with E-state index in [9.17, 15) is 13.6 Å². The van der Waals surface area contributed by atoms with Crippen LogP contribution in [0.3, 0.4) is 0 Å². The fourth-order valence-electron chi connectivity index (χ4n) is 4.32. The van der Waals surface area contributed by atoms with Crippen molar-refractivity contribution >= 4 is 11.9 Å². The van der Waals surface area contributed by atoms with Crippen molar-refractivity contribution in [1.29, 1.82) is 0 Å². The zero-order chi connectivity index (χ0) is 21.8. The largest absolute Gasteiger partial charge is 0.491 e. The number of hydrogen-bond donors (Lipinski definition) is 1. The number of nitrogens with one attached hydrogen (secondary N) is 1. The number of benzene rings is 1. The lowest BCUT2D eigenvalue weighted by atomic mass is 9.85. The van der Waals surface area contributed by atoms with Crippen LogP contribution < -0.4 is 10.1 Å². The Morgan fingerprint density at radius 3 is 2.65 bits per heavy atom. The predicted molar refractivity (Wildman–Crippen MR) is 110 cm³/mol. The standard InChI is InChI=1S/C21H27F2N5O3/c1-30-10-11-31-16-4-2-15(3-5-16)20(29)27-8-6-14(7-9-27)17-12-18(19(22)23)28-21(26-17)24-13-25-28/h2-5,13-14,17-19H,6-12H2,1H3,(H,24,25,26)/t17-,18+/m0/s1. The maximum absolute atomic E-state index is 13.5. The summed E-state index contributed by atoms with van der Waals surface area (Å²) in [5.74, 6) is 1.26. The number of likely N-dealkylation sites (tertiary alicyclic amines) is 1. The molecule has 0 unspecified atom stereocenters. The molecule has 1 amide bonds. The molecular weight excluding hydrogens is 408 g/mol. The molecule has 31 heavy (non-hydrogen) atoms. The molecule has 1 fully saturated rings. The van der Waals surface area contributed by atoms with Gasteiger partial charge in [-0.25, -0.2) is 13.5 Å². The number of amides is 1. The first-order valence-electron chi connectivity index (χ1n) is 10.5. The summed E-state index contributed by atoms with van der Waals surface area (Å²) in [6.45, 7) is 2.15. The normalized spacial score (nSPS) is 21.6. The summed E-state index contributed by atoms with van der Waals surface area (Å²) in [4.78, 5) is 18.8. The molecule has 2 aromatic rings. The molecule has 1 saturated heterocycles. The fraction of sp³-hybridized carbons (Fsp3) is 0.571. The van der Waals surface area contributed by atoms with E-state index < -0.39 is 12.5 Å². The van der Waals surface area contributed by atoms with Gasteiger partial charge in [0.1, 0.15) is 24.7 Å². The molecule has 0 spiro atoms. The van der Waals surface area contributed by atoms with Gasteiger partial charge < -0.3 is 19.7 Å². The highest BCUT2D eigenvalue weighted by atomic mass is 19.3. The van der Waals surface area contributed by atoms with Crippen LogP contribution in [0.25, 0.3) is 0 Å². The molecule has 4 rings (SSSR count). The lowest BCUT2D eigenvalue weighted by Gasteiger charge is -2.40. The van der Waals surface area contributed by atoms with Gasteiger partial charge in [0, 0.05) is 31.8 Å². The minimum absolute atomic E-state index is 0.0244. The Bertz CT molecular complexity index is 868. The molecule has 168 valence electrons. The van der Waals surface area contributed by atoms with Crippen LogP contribution in [-0.4, -0.2) is 71.5 Å². The summed E-state index contributed by atoms with van der Waals surface area (Å²) in [6, 6.07) is 6.02. The molecule has 2 aliphatic heterocycles. The smallest absolute Gasteiger partial charge is 0.260 e. The molecule has 2 atom stereocenters. The van der Waals surface area contributed by atoms with Gasteiger partial charge in [0.2, 0.25) is 5.95 Å². The number of anilines is 1. The third-order valence-corrected chi connectivity index (χ3v) is 6.04. The summed E-state index contributed by atoms with van der Waals surface area (Å²) in [6.07, 6.45) is 0.623. The van der Waals surface area contributed by atoms with Crippen LogP contribution in [0.1, 0.15) is 35.7 Å². The quantitative estimate of drug-likeness (QED) is 0.674. The number of methoxy groups -OCH3 is 1. The van der Waals surface area contributed by atoms with Crippen molar-refractivity contribution in [2.24, 2.45) is 5.92 Å². The second-order valence-corrected chi connectivity index (χ2v) is 7.91. The zero-order valence-corrected chi connectivity index (χ0v) is 17.4. The molecule has 0 aliphatic carbocycles. The molecular formula is C21H27F2N5O3. The molecule has 0 bridgehead atoms. The van der Waals surface area contributed by atoms with Gasteiger partial charge in [0.25, 0.3) is 12.3 Å². The number of piperidine rings is 1. The van der Waals surface area contributed by atoms with Crippen molar-refractivity contribution in [3.63, 3.8) is 0 Å². The molecule has 2 aliphatic rings.